The molecule has 4 rings (SSSR count). The van der Waals surface area contributed by atoms with Crippen LogP contribution in [0.1, 0.15) is 17.5 Å². The average molecular weight is 475 g/mol. The molecule has 0 aliphatic rings. The Morgan fingerprint density at radius 1 is 0.533 bits per heavy atom. The largest absolute Gasteiger partial charge is 1.00 e. The third-order valence-electron chi connectivity index (χ3n) is 5.79. The van der Waals surface area contributed by atoms with Crippen molar-refractivity contribution in [3.63, 3.8) is 0 Å². The highest BCUT2D eigenvalue weighted by Crippen LogP contribution is 2.55. The van der Waals surface area contributed by atoms with Crippen LogP contribution in [0.25, 0.3) is 0 Å². The van der Waals surface area contributed by atoms with Crippen LogP contribution in [0.2, 0.25) is 0 Å². The molecule has 0 aromatic heterocycles. The molecule has 0 aliphatic carbocycles. The summed E-state index contributed by atoms with van der Waals surface area (Å²) in [6, 6.07) is 42.3. The lowest BCUT2D eigenvalue weighted by Crippen LogP contribution is -3.00. The summed E-state index contributed by atoms with van der Waals surface area (Å²) in [4.78, 5) is 0. The maximum absolute atomic E-state index is 2.33. The predicted molar refractivity (Wildman–Crippen MR) is 130 cm³/mol. The van der Waals surface area contributed by atoms with Gasteiger partial charge in [-0.1, -0.05) is 78.9 Å². The van der Waals surface area contributed by atoms with Crippen LogP contribution in [0, 0.1) is 6.92 Å². The first kappa shape index (κ1) is 22.5. The summed E-state index contributed by atoms with van der Waals surface area (Å²) >= 11 is 0. The Balaban J connectivity index is 0.00000256. The van der Waals surface area contributed by atoms with Crippen LogP contribution < -0.4 is 32.9 Å². The Morgan fingerprint density at radius 2 is 0.933 bits per heavy atom. The fourth-order valence-electron chi connectivity index (χ4n) is 4.28. The number of halogens is 1. The molecule has 0 fully saturated rings. The topological polar surface area (TPSA) is 0 Å². The van der Waals surface area contributed by atoms with E-state index in [0.717, 1.165) is 6.42 Å². The molecule has 0 radical (unpaired) electrons. The second-order valence-corrected chi connectivity index (χ2v) is 11.2. The van der Waals surface area contributed by atoms with Crippen molar-refractivity contribution in [2.45, 2.75) is 19.8 Å². The van der Waals surface area contributed by atoms with Crippen LogP contribution in [0.4, 0.5) is 0 Å². The Labute approximate surface area is 192 Å². The average Bonchev–Trinajstić information content (AvgIpc) is 2.80. The standard InChI is InChI=1S/C28H28P.BrH/c1-24-14-11-12-15-25(24)16-13-23-29(26-17-5-2-6-18-26,27-19-7-3-8-20-27)28-21-9-4-10-22-28;/h2-12,14-15,17-22H,13,16,23H2,1H3;1H/q+1;/p-1. The van der Waals surface area contributed by atoms with E-state index in [4.69, 9.17) is 0 Å². The molecule has 0 N–H and O–H groups in total. The fourth-order valence-corrected chi connectivity index (χ4v) is 8.62. The van der Waals surface area contributed by atoms with E-state index >= 15 is 0 Å². The van der Waals surface area contributed by atoms with E-state index in [1.807, 2.05) is 0 Å². The molecule has 0 aliphatic heterocycles. The van der Waals surface area contributed by atoms with E-state index < -0.39 is 7.26 Å². The minimum absolute atomic E-state index is 0. The second kappa shape index (κ2) is 10.7. The van der Waals surface area contributed by atoms with Gasteiger partial charge in [0.15, 0.2) is 0 Å². The highest BCUT2D eigenvalue weighted by Gasteiger charge is 2.44. The SMILES string of the molecule is Cc1ccccc1CCC[P+](c1ccccc1)(c1ccccc1)c1ccccc1.[Br-]. The van der Waals surface area contributed by atoms with Gasteiger partial charge in [0.2, 0.25) is 0 Å². The molecule has 0 bridgehead atoms. The lowest BCUT2D eigenvalue weighted by atomic mass is 10.1. The van der Waals surface area contributed by atoms with Gasteiger partial charge in [-0.25, -0.2) is 0 Å². The minimum atomic E-state index is -1.71. The fraction of sp³-hybridized carbons (Fsp3) is 0.143. The van der Waals surface area contributed by atoms with Gasteiger partial charge in [0.25, 0.3) is 0 Å². The Kier molecular flexibility index (Phi) is 8.02. The first-order valence-corrected chi connectivity index (χ1v) is 12.4. The molecule has 0 saturated carbocycles. The molecular weight excluding hydrogens is 447 g/mol. The molecule has 0 spiro atoms. The summed E-state index contributed by atoms with van der Waals surface area (Å²) in [5.74, 6) is 0. The van der Waals surface area contributed by atoms with Crippen molar-refractivity contribution >= 4 is 23.2 Å². The molecule has 0 amide bonds. The van der Waals surface area contributed by atoms with E-state index in [-0.39, 0.29) is 17.0 Å². The van der Waals surface area contributed by atoms with E-state index in [1.54, 1.807) is 0 Å². The van der Waals surface area contributed by atoms with Crippen molar-refractivity contribution in [1.82, 2.24) is 0 Å². The number of rotatable bonds is 7. The molecule has 0 unspecified atom stereocenters. The van der Waals surface area contributed by atoms with Crippen molar-refractivity contribution in [2.75, 3.05) is 6.16 Å². The predicted octanol–water partition coefficient (Wildman–Crippen LogP) is 2.93. The van der Waals surface area contributed by atoms with Crippen molar-refractivity contribution in [3.8, 4) is 0 Å². The lowest BCUT2D eigenvalue weighted by molar-refractivity contribution is -0.00000571. The normalized spacial score (nSPS) is 11.0. The monoisotopic (exact) mass is 474 g/mol. The van der Waals surface area contributed by atoms with Gasteiger partial charge in [-0.2, -0.15) is 0 Å². The van der Waals surface area contributed by atoms with Gasteiger partial charge in [-0.05, 0) is 67.3 Å². The maximum Gasteiger partial charge on any atom is 0.112 e. The highest BCUT2D eigenvalue weighted by atomic mass is 79.9. The zero-order chi connectivity index (χ0) is 19.9. The van der Waals surface area contributed by atoms with Gasteiger partial charge in [-0.3, -0.25) is 0 Å². The zero-order valence-electron chi connectivity index (χ0n) is 17.4. The number of hydrogen-bond acceptors (Lipinski definition) is 0. The quantitative estimate of drug-likeness (QED) is 0.361. The third kappa shape index (κ3) is 4.75. The van der Waals surface area contributed by atoms with E-state index in [1.165, 1.54) is 39.6 Å². The Morgan fingerprint density at radius 3 is 1.37 bits per heavy atom. The summed E-state index contributed by atoms with van der Waals surface area (Å²) in [6.45, 7) is 2.23. The molecular formula is C28H28BrP. The van der Waals surface area contributed by atoms with E-state index in [9.17, 15) is 0 Å². The molecule has 30 heavy (non-hydrogen) atoms. The molecule has 0 saturated heterocycles. The van der Waals surface area contributed by atoms with Gasteiger partial charge >= 0.3 is 0 Å². The van der Waals surface area contributed by atoms with Gasteiger partial charge in [-0.15, -0.1) is 0 Å². The molecule has 4 aromatic rings. The Bertz CT molecular complexity index is 933. The van der Waals surface area contributed by atoms with Gasteiger partial charge in [0.05, 0.1) is 6.16 Å². The summed E-state index contributed by atoms with van der Waals surface area (Å²) in [5.41, 5.74) is 2.87. The molecule has 0 atom stereocenters. The smallest absolute Gasteiger partial charge is 0.112 e. The van der Waals surface area contributed by atoms with Crippen LogP contribution in [0.15, 0.2) is 115 Å². The molecule has 152 valence electrons. The first-order valence-electron chi connectivity index (χ1n) is 10.4. The minimum Gasteiger partial charge on any atom is -1.00 e. The van der Waals surface area contributed by atoms with Crippen LogP contribution in [0.5, 0.6) is 0 Å². The van der Waals surface area contributed by atoms with Crippen molar-refractivity contribution in [2.24, 2.45) is 0 Å². The maximum atomic E-state index is 2.33. The van der Waals surface area contributed by atoms with Crippen LogP contribution in [-0.2, 0) is 6.42 Å². The van der Waals surface area contributed by atoms with E-state index in [2.05, 4.69) is 122 Å². The number of benzene rings is 4. The zero-order valence-corrected chi connectivity index (χ0v) is 19.9. The van der Waals surface area contributed by atoms with Gasteiger partial charge in [0.1, 0.15) is 23.2 Å². The van der Waals surface area contributed by atoms with Gasteiger partial charge < -0.3 is 17.0 Å². The van der Waals surface area contributed by atoms with Crippen molar-refractivity contribution < 1.29 is 17.0 Å². The summed E-state index contributed by atoms with van der Waals surface area (Å²) < 4.78 is 0. The highest BCUT2D eigenvalue weighted by molar-refractivity contribution is 7.95. The third-order valence-corrected chi connectivity index (χ3v) is 10.3. The number of aryl methyl sites for hydroxylation is 2. The Hall–Kier alpha value is -2.21. The van der Waals surface area contributed by atoms with Crippen LogP contribution >= 0.6 is 7.26 Å². The van der Waals surface area contributed by atoms with Crippen molar-refractivity contribution in [3.05, 3.63) is 126 Å². The summed E-state index contributed by atoms with van der Waals surface area (Å²) in [6.07, 6.45) is 3.48. The molecule has 0 nitrogen and oxygen atoms in total. The summed E-state index contributed by atoms with van der Waals surface area (Å²) in [5, 5.41) is 4.42. The van der Waals surface area contributed by atoms with Crippen LogP contribution in [-0.4, -0.2) is 6.16 Å². The molecule has 2 heteroatoms. The summed E-state index contributed by atoms with van der Waals surface area (Å²) in [7, 11) is -1.71. The van der Waals surface area contributed by atoms with Gasteiger partial charge in [0, 0.05) is 0 Å². The first-order chi connectivity index (χ1) is 14.3. The van der Waals surface area contributed by atoms with Crippen LogP contribution in [0.3, 0.4) is 0 Å². The molecule has 4 aromatic carbocycles. The lowest BCUT2D eigenvalue weighted by Gasteiger charge is -2.27. The second-order valence-electron chi connectivity index (χ2n) is 7.57. The van der Waals surface area contributed by atoms with E-state index in [0.29, 0.717) is 0 Å². The molecule has 0 heterocycles. The number of hydrogen-bond donors (Lipinski definition) is 0. The van der Waals surface area contributed by atoms with Crippen molar-refractivity contribution in [1.29, 1.82) is 0 Å².